The van der Waals surface area contributed by atoms with Crippen LogP contribution in [0.25, 0.3) is 0 Å². The zero-order valence-electron chi connectivity index (χ0n) is 8.51. The van der Waals surface area contributed by atoms with Gasteiger partial charge in [0.05, 0.1) is 12.2 Å². The van der Waals surface area contributed by atoms with Gasteiger partial charge in [-0.1, -0.05) is 5.21 Å². The quantitative estimate of drug-likeness (QED) is 0.705. The van der Waals surface area contributed by atoms with E-state index in [0.29, 0.717) is 25.2 Å². The summed E-state index contributed by atoms with van der Waals surface area (Å²) in [5.74, 6) is -0.172. The van der Waals surface area contributed by atoms with E-state index < -0.39 is 5.97 Å². The molecule has 1 rings (SSSR count). The molecule has 0 aliphatic heterocycles. The lowest BCUT2D eigenvalue weighted by Gasteiger charge is -2.04. The molecule has 3 N–H and O–H groups in total. The Kier molecular flexibility index (Phi) is 4.57. The first-order valence-corrected chi connectivity index (χ1v) is 5.94. The Balaban J connectivity index is 2.90. The average molecular weight is 230 g/mol. The molecular formula is C8H14N4O2S. The Morgan fingerprint density at radius 1 is 1.67 bits per heavy atom. The lowest BCUT2D eigenvalue weighted by atomic mass is 10.2. The second-order valence-electron chi connectivity index (χ2n) is 2.94. The van der Waals surface area contributed by atoms with Crippen LogP contribution in [0.5, 0.6) is 0 Å². The number of carbonyl (C=O) groups is 1. The van der Waals surface area contributed by atoms with Crippen molar-refractivity contribution in [3.63, 3.8) is 0 Å². The van der Waals surface area contributed by atoms with Crippen molar-refractivity contribution in [2.24, 2.45) is 5.73 Å². The van der Waals surface area contributed by atoms with Gasteiger partial charge in [0.25, 0.3) is 0 Å². The maximum absolute atomic E-state index is 10.8. The Morgan fingerprint density at radius 2 is 2.40 bits per heavy atom. The number of nitrogens with zero attached hydrogens (tertiary/aromatic N) is 3. The molecule has 0 amide bonds. The topological polar surface area (TPSA) is 94.0 Å². The molecule has 84 valence electrons. The Bertz CT molecular complexity index is 339. The van der Waals surface area contributed by atoms with Crippen molar-refractivity contribution in [1.82, 2.24) is 15.0 Å². The van der Waals surface area contributed by atoms with E-state index in [1.165, 1.54) is 0 Å². The van der Waals surface area contributed by atoms with Crippen LogP contribution in [0.1, 0.15) is 16.2 Å². The lowest BCUT2D eigenvalue weighted by Crippen LogP contribution is -2.14. The third kappa shape index (κ3) is 2.93. The van der Waals surface area contributed by atoms with Crippen molar-refractivity contribution >= 4 is 17.7 Å². The van der Waals surface area contributed by atoms with Crippen LogP contribution in [-0.2, 0) is 13.0 Å². The first-order chi connectivity index (χ1) is 7.20. The molecule has 7 heteroatoms. The van der Waals surface area contributed by atoms with Crippen molar-refractivity contribution in [1.29, 1.82) is 0 Å². The normalized spacial score (nSPS) is 10.5. The van der Waals surface area contributed by atoms with Crippen molar-refractivity contribution in [3.05, 3.63) is 11.4 Å². The summed E-state index contributed by atoms with van der Waals surface area (Å²) in [6.45, 7) is 1.06. The minimum Gasteiger partial charge on any atom is -0.476 e. The zero-order valence-corrected chi connectivity index (χ0v) is 9.33. The largest absolute Gasteiger partial charge is 0.476 e. The molecule has 1 aromatic rings. The van der Waals surface area contributed by atoms with Gasteiger partial charge in [-0.25, -0.2) is 9.48 Å². The number of nitrogens with two attached hydrogens (primary N) is 1. The lowest BCUT2D eigenvalue weighted by molar-refractivity contribution is 0.0689. The first kappa shape index (κ1) is 12.0. The van der Waals surface area contributed by atoms with Crippen LogP contribution in [0, 0.1) is 0 Å². The predicted molar refractivity (Wildman–Crippen MR) is 58.1 cm³/mol. The highest BCUT2D eigenvalue weighted by Gasteiger charge is 2.17. The van der Waals surface area contributed by atoms with Crippen LogP contribution >= 0.6 is 11.8 Å². The van der Waals surface area contributed by atoms with Gasteiger partial charge < -0.3 is 10.8 Å². The fourth-order valence-electron chi connectivity index (χ4n) is 1.24. The zero-order chi connectivity index (χ0) is 11.3. The monoisotopic (exact) mass is 230 g/mol. The minimum absolute atomic E-state index is 0.0153. The minimum atomic E-state index is -1.05. The smallest absolute Gasteiger partial charge is 0.358 e. The van der Waals surface area contributed by atoms with Gasteiger partial charge in [-0.3, -0.25) is 0 Å². The molecule has 0 radical (unpaired) electrons. The van der Waals surface area contributed by atoms with Gasteiger partial charge in [0.2, 0.25) is 0 Å². The molecule has 0 atom stereocenters. The van der Waals surface area contributed by atoms with Crippen molar-refractivity contribution in [2.75, 3.05) is 18.6 Å². The van der Waals surface area contributed by atoms with E-state index in [-0.39, 0.29) is 5.69 Å². The summed E-state index contributed by atoms with van der Waals surface area (Å²) < 4.78 is 1.62. The molecule has 0 spiro atoms. The molecular weight excluding hydrogens is 216 g/mol. The van der Waals surface area contributed by atoms with E-state index >= 15 is 0 Å². The third-order valence-corrected chi connectivity index (χ3v) is 2.52. The number of rotatable bonds is 6. The Labute approximate surface area is 91.8 Å². The Morgan fingerprint density at radius 3 is 2.93 bits per heavy atom. The molecule has 15 heavy (non-hydrogen) atoms. The maximum atomic E-state index is 10.8. The van der Waals surface area contributed by atoms with Crippen LogP contribution in [0.15, 0.2) is 0 Å². The van der Waals surface area contributed by atoms with Crippen LogP contribution < -0.4 is 5.73 Å². The number of carboxylic acids is 1. The first-order valence-electron chi connectivity index (χ1n) is 4.55. The highest BCUT2D eigenvalue weighted by atomic mass is 32.2. The molecule has 0 saturated carbocycles. The van der Waals surface area contributed by atoms with Crippen LogP contribution in [-0.4, -0.2) is 44.6 Å². The van der Waals surface area contributed by atoms with E-state index in [0.717, 1.165) is 5.75 Å². The van der Waals surface area contributed by atoms with Crippen LogP contribution in [0.3, 0.4) is 0 Å². The second-order valence-corrected chi connectivity index (χ2v) is 3.93. The van der Waals surface area contributed by atoms with Gasteiger partial charge in [0.1, 0.15) is 0 Å². The maximum Gasteiger partial charge on any atom is 0.358 e. The number of aromatic nitrogens is 3. The molecule has 0 unspecified atom stereocenters. The van der Waals surface area contributed by atoms with E-state index in [4.69, 9.17) is 10.8 Å². The van der Waals surface area contributed by atoms with E-state index in [9.17, 15) is 4.79 Å². The predicted octanol–water partition coefficient (Wildman–Crippen LogP) is -0.159. The SMILES string of the molecule is CSCCn1nnc(C(=O)O)c1CCN. The highest BCUT2D eigenvalue weighted by molar-refractivity contribution is 7.98. The number of carboxylic acid groups (broad SMARTS) is 1. The van der Waals surface area contributed by atoms with E-state index in [1.807, 2.05) is 6.26 Å². The summed E-state index contributed by atoms with van der Waals surface area (Å²) in [6.07, 6.45) is 2.47. The van der Waals surface area contributed by atoms with Crippen LogP contribution in [0.2, 0.25) is 0 Å². The van der Waals surface area contributed by atoms with Gasteiger partial charge in [0.15, 0.2) is 5.69 Å². The summed E-state index contributed by atoms with van der Waals surface area (Å²) in [7, 11) is 0. The number of thioether (sulfide) groups is 1. The van der Waals surface area contributed by atoms with Gasteiger partial charge in [-0.2, -0.15) is 11.8 Å². The van der Waals surface area contributed by atoms with E-state index in [2.05, 4.69) is 10.3 Å². The van der Waals surface area contributed by atoms with Crippen LogP contribution in [0.4, 0.5) is 0 Å². The molecule has 0 aliphatic rings. The molecule has 1 heterocycles. The Hall–Kier alpha value is -1.08. The number of aromatic carboxylic acids is 1. The summed E-state index contributed by atoms with van der Waals surface area (Å²) >= 11 is 1.67. The summed E-state index contributed by atoms with van der Waals surface area (Å²) in [5.41, 5.74) is 6.04. The number of hydrogen-bond acceptors (Lipinski definition) is 5. The molecule has 0 aromatic carbocycles. The van der Waals surface area contributed by atoms with Crippen molar-refractivity contribution < 1.29 is 9.90 Å². The molecule has 0 fully saturated rings. The molecule has 6 nitrogen and oxygen atoms in total. The van der Waals surface area contributed by atoms with Crippen molar-refractivity contribution in [3.8, 4) is 0 Å². The molecule has 1 aromatic heterocycles. The molecule has 0 bridgehead atoms. The fourth-order valence-corrected chi connectivity index (χ4v) is 1.60. The highest BCUT2D eigenvalue weighted by Crippen LogP contribution is 2.07. The number of aryl methyl sites for hydroxylation is 1. The van der Waals surface area contributed by atoms with Crippen molar-refractivity contribution in [2.45, 2.75) is 13.0 Å². The van der Waals surface area contributed by atoms with Gasteiger partial charge in [0, 0.05) is 12.2 Å². The fraction of sp³-hybridized carbons (Fsp3) is 0.625. The van der Waals surface area contributed by atoms with Gasteiger partial charge in [-0.15, -0.1) is 5.10 Å². The summed E-state index contributed by atoms with van der Waals surface area (Å²) in [4.78, 5) is 10.8. The average Bonchev–Trinajstić information content (AvgIpc) is 2.59. The van der Waals surface area contributed by atoms with Gasteiger partial charge >= 0.3 is 5.97 Å². The second kappa shape index (κ2) is 5.72. The van der Waals surface area contributed by atoms with Gasteiger partial charge in [-0.05, 0) is 12.8 Å². The number of hydrogen-bond donors (Lipinski definition) is 2. The summed E-state index contributed by atoms with van der Waals surface area (Å²) in [6, 6.07) is 0. The standard InChI is InChI=1S/C8H14N4O2S/c1-15-5-4-12-6(2-3-9)7(8(13)14)10-11-12/h2-5,9H2,1H3,(H,13,14). The van der Waals surface area contributed by atoms with E-state index in [1.54, 1.807) is 16.4 Å². The molecule has 0 saturated heterocycles. The summed E-state index contributed by atoms with van der Waals surface area (Å²) in [5, 5.41) is 16.3. The third-order valence-electron chi connectivity index (χ3n) is 1.93. The molecule has 0 aliphatic carbocycles.